The fraction of sp³-hybridized carbons (Fsp3) is 0.696. The van der Waals surface area contributed by atoms with Gasteiger partial charge < -0.3 is 20.1 Å². The van der Waals surface area contributed by atoms with Gasteiger partial charge in [0.1, 0.15) is 5.75 Å². The molecule has 5 atom stereocenters. The van der Waals surface area contributed by atoms with Crippen molar-refractivity contribution in [3.63, 3.8) is 0 Å². The van der Waals surface area contributed by atoms with Crippen LogP contribution in [0.5, 0.6) is 5.75 Å². The van der Waals surface area contributed by atoms with E-state index < -0.39 is 5.97 Å². The van der Waals surface area contributed by atoms with Gasteiger partial charge in [-0.15, -0.1) is 0 Å². The molecular formula is C23H34O5. The molecule has 3 rings (SSSR count). The number of carbonyl (C=O) groups is 1. The van der Waals surface area contributed by atoms with Gasteiger partial charge in [-0.1, -0.05) is 38.3 Å². The molecule has 5 heteroatoms. The van der Waals surface area contributed by atoms with E-state index in [4.69, 9.17) is 9.84 Å². The van der Waals surface area contributed by atoms with Crippen LogP contribution in [0.25, 0.3) is 0 Å². The van der Waals surface area contributed by atoms with Crippen molar-refractivity contribution in [3.05, 3.63) is 29.3 Å². The molecule has 0 aromatic heterocycles. The lowest BCUT2D eigenvalue weighted by molar-refractivity contribution is -0.139. The van der Waals surface area contributed by atoms with E-state index >= 15 is 0 Å². The number of aliphatic carboxylic acids is 1. The predicted molar refractivity (Wildman–Crippen MR) is 107 cm³/mol. The first kappa shape index (κ1) is 21.1. The zero-order valence-corrected chi connectivity index (χ0v) is 16.8. The molecule has 3 N–H and O–H groups in total. The van der Waals surface area contributed by atoms with E-state index in [1.165, 1.54) is 5.56 Å². The van der Waals surface area contributed by atoms with Crippen molar-refractivity contribution in [2.75, 3.05) is 6.61 Å². The summed E-state index contributed by atoms with van der Waals surface area (Å²) in [7, 11) is 0. The number of hydrogen-bond donors (Lipinski definition) is 3. The van der Waals surface area contributed by atoms with Gasteiger partial charge in [0, 0.05) is 0 Å². The number of benzene rings is 1. The molecule has 0 heterocycles. The number of unbranched alkanes of at least 4 members (excludes halogenated alkanes) is 2. The predicted octanol–water partition coefficient (Wildman–Crippen LogP) is 3.58. The molecule has 156 valence electrons. The molecule has 0 radical (unpaired) electrons. The van der Waals surface area contributed by atoms with Crippen molar-refractivity contribution in [1.82, 2.24) is 0 Å². The van der Waals surface area contributed by atoms with Crippen LogP contribution in [0.15, 0.2) is 18.2 Å². The largest absolute Gasteiger partial charge is 0.482 e. The summed E-state index contributed by atoms with van der Waals surface area (Å²) >= 11 is 0. The molecule has 1 aromatic rings. The molecule has 0 saturated heterocycles. The minimum atomic E-state index is -0.972. The molecule has 1 fully saturated rings. The number of carboxylic acid groups (broad SMARTS) is 1. The maximum atomic E-state index is 10.8. The Morgan fingerprint density at radius 2 is 2.07 bits per heavy atom. The van der Waals surface area contributed by atoms with Crippen LogP contribution in [0.3, 0.4) is 0 Å². The van der Waals surface area contributed by atoms with Gasteiger partial charge in [0.2, 0.25) is 0 Å². The first-order valence-corrected chi connectivity index (χ1v) is 10.8. The van der Waals surface area contributed by atoms with Crippen LogP contribution < -0.4 is 4.74 Å². The molecule has 28 heavy (non-hydrogen) atoms. The van der Waals surface area contributed by atoms with Crippen LogP contribution in [0.1, 0.15) is 63.0 Å². The van der Waals surface area contributed by atoms with Crippen LogP contribution in [0, 0.1) is 17.8 Å². The number of hydrogen-bond acceptors (Lipinski definition) is 4. The van der Waals surface area contributed by atoms with Crippen molar-refractivity contribution in [1.29, 1.82) is 0 Å². The van der Waals surface area contributed by atoms with Crippen molar-refractivity contribution in [2.45, 2.75) is 76.9 Å². The fourth-order valence-electron chi connectivity index (χ4n) is 5.24. The smallest absolute Gasteiger partial charge is 0.341 e. The molecule has 0 aliphatic heterocycles. The lowest BCUT2D eigenvalue weighted by Crippen LogP contribution is -2.28. The third-order valence-electron chi connectivity index (χ3n) is 6.67. The quantitative estimate of drug-likeness (QED) is 0.532. The molecule has 2 aliphatic carbocycles. The summed E-state index contributed by atoms with van der Waals surface area (Å²) in [5.41, 5.74) is 2.32. The van der Waals surface area contributed by atoms with E-state index in [9.17, 15) is 15.0 Å². The summed E-state index contributed by atoms with van der Waals surface area (Å²) in [4.78, 5) is 10.8. The third kappa shape index (κ3) is 5.06. The standard InChI is InChI=1S/C23H34O5/c1-2-3-4-7-17(24)9-10-18-19-11-15-6-5-8-22(28-14-23(26)27)20(15)12-16(19)13-21(18)25/h5-6,8,16-19,21,24-25H,2-4,7,9-14H2,1H3,(H,26,27)/t16-,17+,18+,19-,21+/m0/s1. The molecule has 1 saturated carbocycles. The molecule has 5 nitrogen and oxygen atoms in total. The first-order chi connectivity index (χ1) is 13.5. The lowest BCUT2D eigenvalue weighted by Gasteiger charge is -2.32. The second kappa shape index (κ2) is 9.75. The van der Waals surface area contributed by atoms with Gasteiger partial charge in [0.05, 0.1) is 12.2 Å². The van der Waals surface area contributed by atoms with E-state index in [0.717, 1.165) is 63.4 Å². The van der Waals surface area contributed by atoms with Gasteiger partial charge >= 0.3 is 5.97 Å². The average molecular weight is 391 g/mol. The van der Waals surface area contributed by atoms with E-state index in [-0.39, 0.29) is 24.7 Å². The number of aliphatic hydroxyl groups excluding tert-OH is 2. The maximum absolute atomic E-state index is 10.8. The van der Waals surface area contributed by atoms with Crippen molar-refractivity contribution >= 4 is 5.97 Å². The number of fused-ring (bicyclic) bond motifs is 2. The normalized spacial score (nSPS) is 27.1. The number of rotatable bonds is 10. The lowest BCUT2D eigenvalue weighted by atomic mass is 9.73. The van der Waals surface area contributed by atoms with Crippen molar-refractivity contribution in [2.24, 2.45) is 17.8 Å². The van der Waals surface area contributed by atoms with Crippen LogP contribution >= 0.6 is 0 Å². The highest BCUT2D eigenvalue weighted by atomic mass is 16.5. The molecule has 0 spiro atoms. The molecular weight excluding hydrogens is 356 g/mol. The second-order valence-corrected chi connectivity index (χ2v) is 8.60. The van der Waals surface area contributed by atoms with Crippen LogP contribution in [-0.4, -0.2) is 40.1 Å². The van der Waals surface area contributed by atoms with Gasteiger partial charge in [-0.05, 0) is 73.5 Å². The Balaban J connectivity index is 1.62. The minimum absolute atomic E-state index is 0.238. The second-order valence-electron chi connectivity index (χ2n) is 8.60. The van der Waals surface area contributed by atoms with Gasteiger partial charge in [-0.2, -0.15) is 0 Å². The summed E-state index contributed by atoms with van der Waals surface area (Å²) < 4.78 is 5.50. The topological polar surface area (TPSA) is 87.0 Å². The van der Waals surface area contributed by atoms with Crippen molar-refractivity contribution < 1.29 is 24.9 Å². The first-order valence-electron chi connectivity index (χ1n) is 10.8. The Morgan fingerprint density at radius 3 is 2.82 bits per heavy atom. The average Bonchev–Trinajstić information content (AvgIpc) is 2.97. The highest BCUT2D eigenvalue weighted by Gasteiger charge is 2.44. The highest BCUT2D eigenvalue weighted by Crippen LogP contribution is 2.48. The summed E-state index contributed by atoms with van der Waals surface area (Å²) in [5.74, 6) is 0.768. The molecule has 0 amide bonds. The van der Waals surface area contributed by atoms with Crippen molar-refractivity contribution in [3.8, 4) is 5.75 Å². The Hall–Kier alpha value is -1.59. The summed E-state index contributed by atoms with van der Waals surface area (Å²) in [5, 5.41) is 29.8. The molecule has 2 aliphatic rings. The highest BCUT2D eigenvalue weighted by molar-refractivity contribution is 5.68. The van der Waals surface area contributed by atoms with Gasteiger partial charge in [-0.3, -0.25) is 0 Å². The van der Waals surface area contributed by atoms with Crippen LogP contribution in [0.4, 0.5) is 0 Å². The number of carboxylic acids is 1. The summed E-state index contributed by atoms with van der Waals surface area (Å²) in [6, 6.07) is 5.87. The van der Waals surface area contributed by atoms with Crippen LogP contribution in [-0.2, 0) is 17.6 Å². The zero-order chi connectivity index (χ0) is 20.1. The maximum Gasteiger partial charge on any atom is 0.341 e. The zero-order valence-electron chi connectivity index (χ0n) is 16.8. The van der Waals surface area contributed by atoms with Gasteiger partial charge in [-0.25, -0.2) is 4.79 Å². The van der Waals surface area contributed by atoms with Crippen LogP contribution in [0.2, 0.25) is 0 Å². The monoisotopic (exact) mass is 390 g/mol. The van der Waals surface area contributed by atoms with E-state index in [0.29, 0.717) is 17.6 Å². The van der Waals surface area contributed by atoms with E-state index in [1.807, 2.05) is 12.1 Å². The SMILES string of the molecule is CCCCC[C@@H](O)CC[C@@H]1[C@H]2Cc3cccc(OCC(=O)O)c3C[C@H]2C[C@H]1O. The molecule has 1 aromatic carbocycles. The minimum Gasteiger partial charge on any atom is -0.482 e. The van der Waals surface area contributed by atoms with Gasteiger partial charge in [0.25, 0.3) is 0 Å². The molecule has 0 bridgehead atoms. The van der Waals surface area contributed by atoms with E-state index in [2.05, 4.69) is 13.0 Å². The molecule has 0 unspecified atom stereocenters. The number of aliphatic hydroxyl groups is 2. The summed E-state index contributed by atoms with van der Waals surface area (Å²) in [6.07, 6.45) is 7.85. The Morgan fingerprint density at radius 1 is 1.25 bits per heavy atom. The Kier molecular flexibility index (Phi) is 7.36. The number of ether oxygens (including phenoxy) is 1. The fourth-order valence-corrected chi connectivity index (χ4v) is 5.24. The Bertz CT molecular complexity index is 658. The summed E-state index contributed by atoms with van der Waals surface area (Å²) in [6.45, 7) is 1.84. The van der Waals surface area contributed by atoms with Gasteiger partial charge in [0.15, 0.2) is 6.61 Å². The Labute approximate surface area is 167 Å². The third-order valence-corrected chi connectivity index (χ3v) is 6.67. The van der Waals surface area contributed by atoms with E-state index in [1.54, 1.807) is 0 Å².